The van der Waals surface area contributed by atoms with Crippen molar-refractivity contribution in [1.82, 2.24) is 0 Å². The Morgan fingerprint density at radius 1 is 1.36 bits per heavy atom. The van der Waals surface area contributed by atoms with Crippen LogP contribution in [-0.2, 0) is 4.79 Å². The highest BCUT2D eigenvalue weighted by Crippen LogP contribution is 2.09. The molecule has 0 aliphatic heterocycles. The molecule has 0 fully saturated rings. The van der Waals surface area contributed by atoms with Crippen LogP contribution in [0.3, 0.4) is 0 Å². The van der Waals surface area contributed by atoms with E-state index in [0.29, 0.717) is 0 Å². The minimum Gasteiger partial charge on any atom is -0.369 e. The Morgan fingerprint density at radius 3 is 2.45 bits per heavy atom. The quantitative estimate of drug-likeness (QED) is 0.589. The van der Waals surface area contributed by atoms with Gasteiger partial charge in [0.05, 0.1) is 0 Å². The van der Waals surface area contributed by atoms with Crippen LogP contribution in [0.5, 0.6) is 0 Å². The molecule has 2 nitrogen and oxygen atoms in total. The fourth-order valence-corrected chi connectivity index (χ4v) is 1.02. The third-order valence-corrected chi connectivity index (χ3v) is 1.98. The molecule has 11 heavy (non-hydrogen) atoms. The highest BCUT2D eigenvalue weighted by molar-refractivity contribution is 5.76. The lowest BCUT2D eigenvalue weighted by atomic mass is 10.0. The molecule has 0 aliphatic rings. The van der Waals surface area contributed by atoms with E-state index in [0.717, 1.165) is 12.8 Å². The Morgan fingerprint density at radius 2 is 2.00 bits per heavy atom. The lowest BCUT2D eigenvalue weighted by Crippen LogP contribution is -2.20. The van der Waals surface area contributed by atoms with Crippen molar-refractivity contribution in [2.45, 2.75) is 46.0 Å². The van der Waals surface area contributed by atoms with Crippen molar-refractivity contribution in [2.75, 3.05) is 0 Å². The van der Waals surface area contributed by atoms with Crippen molar-refractivity contribution in [3.63, 3.8) is 0 Å². The molecule has 1 atom stereocenters. The topological polar surface area (TPSA) is 43.1 Å². The van der Waals surface area contributed by atoms with Gasteiger partial charge in [-0.3, -0.25) is 4.79 Å². The van der Waals surface area contributed by atoms with Crippen LogP contribution in [0.25, 0.3) is 0 Å². The molecule has 0 saturated carbocycles. The van der Waals surface area contributed by atoms with Gasteiger partial charge in [-0.15, -0.1) is 0 Å². The van der Waals surface area contributed by atoms with E-state index in [4.69, 9.17) is 5.73 Å². The Labute approximate surface area is 69.2 Å². The monoisotopic (exact) mass is 157 g/mol. The van der Waals surface area contributed by atoms with Crippen LogP contribution >= 0.6 is 0 Å². The predicted molar refractivity (Wildman–Crippen MR) is 47.1 cm³/mol. The van der Waals surface area contributed by atoms with Crippen LogP contribution in [0.15, 0.2) is 0 Å². The zero-order valence-electron chi connectivity index (χ0n) is 7.60. The van der Waals surface area contributed by atoms with E-state index in [1.54, 1.807) is 0 Å². The summed E-state index contributed by atoms with van der Waals surface area (Å²) in [6.45, 7) is 4.08. The highest BCUT2D eigenvalue weighted by atomic mass is 16.1. The predicted octanol–water partition coefficient (Wildman–Crippen LogP) is 2.08. The minimum absolute atomic E-state index is 0.0619. The van der Waals surface area contributed by atoms with Gasteiger partial charge in [0, 0.05) is 5.92 Å². The number of hydrogen-bond acceptors (Lipinski definition) is 1. The molecule has 0 bridgehead atoms. The Balaban J connectivity index is 3.17. The second-order valence-corrected chi connectivity index (χ2v) is 3.15. The first-order chi connectivity index (χ1) is 5.18. The van der Waals surface area contributed by atoms with Gasteiger partial charge in [-0.05, 0) is 6.42 Å². The van der Waals surface area contributed by atoms with Crippen molar-refractivity contribution < 1.29 is 4.79 Å². The van der Waals surface area contributed by atoms with Gasteiger partial charge in [0.1, 0.15) is 0 Å². The SMILES string of the molecule is CCCCCCC(C)C(N)=O. The number of rotatable bonds is 6. The third kappa shape index (κ3) is 5.89. The van der Waals surface area contributed by atoms with Gasteiger partial charge in [0.15, 0.2) is 0 Å². The molecule has 0 aromatic carbocycles. The Hall–Kier alpha value is -0.530. The van der Waals surface area contributed by atoms with Crippen molar-refractivity contribution in [3.8, 4) is 0 Å². The Bertz CT molecular complexity index is 112. The fraction of sp³-hybridized carbons (Fsp3) is 0.889. The smallest absolute Gasteiger partial charge is 0.220 e. The van der Waals surface area contributed by atoms with Crippen LogP contribution in [0.4, 0.5) is 0 Å². The lowest BCUT2D eigenvalue weighted by molar-refractivity contribution is -0.121. The van der Waals surface area contributed by atoms with Crippen LogP contribution in [-0.4, -0.2) is 5.91 Å². The van der Waals surface area contributed by atoms with Gasteiger partial charge in [-0.2, -0.15) is 0 Å². The van der Waals surface area contributed by atoms with Crippen LogP contribution in [0, 0.1) is 5.92 Å². The summed E-state index contributed by atoms with van der Waals surface area (Å²) in [7, 11) is 0. The number of amides is 1. The number of carbonyl (C=O) groups excluding carboxylic acids is 1. The first-order valence-electron chi connectivity index (χ1n) is 4.47. The van der Waals surface area contributed by atoms with Gasteiger partial charge >= 0.3 is 0 Å². The average Bonchev–Trinajstić information content (AvgIpc) is 1.97. The fourth-order valence-electron chi connectivity index (χ4n) is 1.02. The average molecular weight is 157 g/mol. The molecule has 0 aliphatic carbocycles. The molecule has 0 radical (unpaired) electrons. The molecule has 0 heterocycles. The highest BCUT2D eigenvalue weighted by Gasteiger charge is 2.06. The van der Waals surface area contributed by atoms with Gasteiger partial charge in [-0.25, -0.2) is 0 Å². The van der Waals surface area contributed by atoms with Crippen LogP contribution in [0.2, 0.25) is 0 Å². The van der Waals surface area contributed by atoms with Crippen molar-refractivity contribution in [1.29, 1.82) is 0 Å². The molecular weight excluding hydrogens is 138 g/mol. The molecule has 0 aromatic heterocycles. The van der Waals surface area contributed by atoms with E-state index in [-0.39, 0.29) is 11.8 Å². The Kier molecular flexibility index (Phi) is 5.90. The van der Waals surface area contributed by atoms with Crippen LogP contribution in [0.1, 0.15) is 46.0 Å². The molecule has 0 aromatic rings. The molecule has 2 N–H and O–H groups in total. The zero-order chi connectivity index (χ0) is 8.69. The molecule has 0 spiro atoms. The van der Waals surface area contributed by atoms with E-state index >= 15 is 0 Å². The minimum atomic E-state index is -0.165. The maximum absolute atomic E-state index is 10.6. The summed E-state index contributed by atoms with van der Waals surface area (Å²) in [5.41, 5.74) is 5.11. The lowest BCUT2D eigenvalue weighted by Gasteiger charge is -2.05. The standard InChI is InChI=1S/C9H19NO/c1-3-4-5-6-7-8(2)9(10)11/h8H,3-7H2,1-2H3,(H2,10,11). The summed E-state index contributed by atoms with van der Waals surface area (Å²) < 4.78 is 0. The number of primary amides is 1. The van der Waals surface area contributed by atoms with Gasteiger partial charge in [0.2, 0.25) is 5.91 Å². The van der Waals surface area contributed by atoms with Crippen molar-refractivity contribution in [2.24, 2.45) is 11.7 Å². The molecular formula is C9H19NO. The number of nitrogens with two attached hydrogens (primary N) is 1. The molecule has 1 amide bonds. The first-order valence-corrected chi connectivity index (χ1v) is 4.47. The number of unbranched alkanes of at least 4 members (excludes halogenated alkanes) is 3. The van der Waals surface area contributed by atoms with Crippen LogP contribution < -0.4 is 5.73 Å². The van der Waals surface area contributed by atoms with E-state index < -0.39 is 0 Å². The summed E-state index contributed by atoms with van der Waals surface area (Å²) in [6.07, 6.45) is 5.83. The maximum atomic E-state index is 10.6. The van der Waals surface area contributed by atoms with Gasteiger partial charge < -0.3 is 5.73 Å². The second kappa shape index (κ2) is 6.20. The van der Waals surface area contributed by atoms with Crippen molar-refractivity contribution >= 4 is 5.91 Å². The summed E-state index contributed by atoms with van der Waals surface area (Å²) in [5.74, 6) is -0.103. The third-order valence-electron chi connectivity index (χ3n) is 1.98. The summed E-state index contributed by atoms with van der Waals surface area (Å²) in [4.78, 5) is 10.6. The summed E-state index contributed by atoms with van der Waals surface area (Å²) in [5, 5.41) is 0. The van der Waals surface area contributed by atoms with E-state index in [9.17, 15) is 4.79 Å². The number of carbonyl (C=O) groups is 1. The van der Waals surface area contributed by atoms with E-state index in [1.807, 2.05) is 6.92 Å². The summed E-state index contributed by atoms with van der Waals surface area (Å²) >= 11 is 0. The normalized spacial score (nSPS) is 12.9. The number of hydrogen-bond donors (Lipinski definition) is 1. The zero-order valence-corrected chi connectivity index (χ0v) is 7.60. The molecule has 0 saturated heterocycles. The largest absolute Gasteiger partial charge is 0.369 e. The molecule has 1 unspecified atom stereocenters. The van der Waals surface area contributed by atoms with E-state index in [2.05, 4.69) is 6.92 Å². The molecule has 0 rings (SSSR count). The van der Waals surface area contributed by atoms with Gasteiger partial charge in [-0.1, -0.05) is 39.5 Å². The molecule has 2 heteroatoms. The van der Waals surface area contributed by atoms with E-state index in [1.165, 1.54) is 19.3 Å². The summed E-state index contributed by atoms with van der Waals surface area (Å²) in [6, 6.07) is 0. The van der Waals surface area contributed by atoms with Gasteiger partial charge in [0.25, 0.3) is 0 Å². The first kappa shape index (κ1) is 10.5. The maximum Gasteiger partial charge on any atom is 0.220 e. The van der Waals surface area contributed by atoms with Crippen molar-refractivity contribution in [3.05, 3.63) is 0 Å². The second-order valence-electron chi connectivity index (χ2n) is 3.15. The molecule has 66 valence electrons.